The van der Waals surface area contributed by atoms with Crippen LogP contribution in [0.5, 0.6) is 0 Å². The van der Waals surface area contributed by atoms with Crippen LogP contribution in [0.4, 0.5) is 4.39 Å². The van der Waals surface area contributed by atoms with Crippen LogP contribution in [-0.2, 0) is 20.9 Å². The van der Waals surface area contributed by atoms with Gasteiger partial charge in [-0.3, -0.25) is 9.59 Å². The van der Waals surface area contributed by atoms with Crippen LogP contribution in [0.3, 0.4) is 0 Å². The van der Waals surface area contributed by atoms with E-state index in [1.807, 2.05) is 6.92 Å². The topological polar surface area (TPSA) is 55.4 Å². The minimum absolute atomic E-state index is 0.0393. The van der Waals surface area contributed by atoms with Gasteiger partial charge >= 0.3 is 5.97 Å². The lowest BCUT2D eigenvalue weighted by molar-refractivity contribution is -0.150. The maximum atomic E-state index is 13.1. The lowest BCUT2D eigenvalue weighted by Gasteiger charge is -2.07. The van der Waals surface area contributed by atoms with Crippen molar-refractivity contribution in [3.8, 4) is 0 Å². The fraction of sp³-hybridized carbons (Fsp3) is 0.467. The highest BCUT2D eigenvalue weighted by Crippen LogP contribution is 2.38. The Bertz CT molecular complexity index is 530. The molecule has 1 fully saturated rings. The summed E-state index contributed by atoms with van der Waals surface area (Å²) < 4.78 is 18.0. The van der Waals surface area contributed by atoms with E-state index in [0.717, 1.165) is 12.0 Å². The van der Waals surface area contributed by atoms with Crippen LogP contribution in [-0.4, -0.2) is 18.5 Å². The van der Waals surface area contributed by atoms with Crippen molar-refractivity contribution in [2.24, 2.45) is 11.8 Å². The van der Waals surface area contributed by atoms with Gasteiger partial charge in [0.05, 0.1) is 5.92 Å². The maximum absolute atomic E-state index is 13.1. The third-order valence-corrected chi connectivity index (χ3v) is 3.47. The molecule has 1 saturated carbocycles. The first-order chi connectivity index (χ1) is 9.47. The Kier molecular flexibility index (Phi) is 4.37. The van der Waals surface area contributed by atoms with Gasteiger partial charge in [0.15, 0.2) is 6.61 Å². The molecule has 1 aromatic rings. The van der Waals surface area contributed by atoms with Gasteiger partial charge in [-0.2, -0.15) is 0 Å². The Hall–Kier alpha value is -1.91. The molecule has 1 N–H and O–H groups in total. The molecule has 5 heteroatoms. The number of amides is 1. The van der Waals surface area contributed by atoms with Crippen molar-refractivity contribution in [1.29, 1.82) is 0 Å². The molecule has 4 nitrogen and oxygen atoms in total. The van der Waals surface area contributed by atoms with E-state index in [2.05, 4.69) is 5.32 Å². The Morgan fingerprint density at radius 1 is 1.45 bits per heavy atom. The van der Waals surface area contributed by atoms with Gasteiger partial charge in [-0.15, -0.1) is 0 Å². The van der Waals surface area contributed by atoms with Crippen molar-refractivity contribution in [3.05, 3.63) is 35.1 Å². The molecule has 0 spiro atoms. The third-order valence-electron chi connectivity index (χ3n) is 3.47. The molecule has 1 amide bonds. The van der Waals surface area contributed by atoms with E-state index in [4.69, 9.17) is 4.74 Å². The highest BCUT2D eigenvalue weighted by atomic mass is 19.1. The van der Waals surface area contributed by atoms with Crippen molar-refractivity contribution < 1.29 is 18.7 Å². The minimum Gasteiger partial charge on any atom is -0.455 e. The average molecular weight is 279 g/mol. The standard InChI is InChI=1S/C15H18FNO3/c1-9-6-12(9)15(19)20-8-14(18)17-7-11-3-4-13(16)10(2)5-11/h3-5,9,12H,6-8H2,1-2H3,(H,17,18)/t9-,12+/m0/s1. The number of rotatable bonds is 5. The van der Waals surface area contributed by atoms with Crippen LogP contribution in [0, 0.1) is 24.6 Å². The number of hydrogen-bond acceptors (Lipinski definition) is 3. The average Bonchev–Trinajstić information content (AvgIpc) is 3.14. The van der Waals surface area contributed by atoms with E-state index in [1.165, 1.54) is 6.07 Å². The third kappa shape index (κ3) is 3.79. The zero-order chi connectivity index (χ0) is 14.7. The summed E-state index contributed by atoms with van der Waals surface area (Å²) in [5.74, 6) is -0.596. The molecule has 20 heavy (non-hydrogen) atoms. The zero-order valence-electron chi connectivity index (χ0n) is 11.6. The number of hydrogen-bond donors (Lipinski definition) is 1. The molecule has 0 saturated heterocycles. The molecule has 2 atom stereocenters. The first-order valence-electron chi connectivity index (χ1n) is 6.65. The number of carbonyl (C=O) groups is 2. The summed E-state index contributed by atoms with van der Waals surface area (Å²) in [6.07, 6.45) is 0.843. The Morgan fingerprint density at radius 3 is 2.75 bits per heavy atom. The molecule has 0 heterocycles. The molecule has 1 aliphatic carbocycles. The van der Waals surface area contributed by atoms with Crippen LogP contribution in [0.25, 0.3) is 0 Å². The molecular weight excluding hydrogens is 261 g/mol. The van der Waals surface area contributed by atoms with E-state index in [1.54, 1.807) is 19.1 Å². The summed E-state index contributed by atoms with van der Waals surface area (Å²) in [6, 6.07) is 4.65. The summed E-state index contributed by atoms with van der Waals surface area (Å²) in [6.45, 7) is 3.67. The van der Waals surface area contributed by atoms with Crippen LogP contribution >= 0.6 is 0 Å². The van der Waals surface area contributed by atoms with Crippen LogP contribution < -0.4 is 5.32 Å². The molecule has 0 radical (unpaired) electrons. The quantitative estimate of drug-likeness (QED) is 0.838. The van der Waals surface area contributed by atoms with Crippen molar-refractivity contribution in [1.82, 2.24) is 5.32 Å². The number of nitrogens with one attached hydrogen (secondary N) is 1. The second-order valence-corrected chi connectivity index (χ2v) is 5.29. The first kappa shape index (κ1) is 14.5. The second kappa shape index (κ2) is 6.03. The lowest BCUT2D eigenvalue weighted by Crippen LogP contribution is -2.28. The number of aryl methyl sites for hydroxylation is 1. The fourth-order valence-electron chi connectivity index (χ4n) is 1.96. The van der Waals surface area contributed by atoms with Gasteiger partial charge in [0.2, 0.25) is 0 Å². The molecule has 0 aliphatic heterocycles. The number of esters is 1. The summed E-state index contributed by atoms with van der Waals surface area (Å²) >= 11 is 0. The van der Waals surface area contributed by atoms with E-state index < -0.39 is 0 Å². The van der Waals surface area contributed by atoms with Gasteiger partial charge in [0.25, 0.3) is 5.91 Å². The fourth-order valence-corrected chi connectivity index (χ4v) is 1.96. The molecule has 0 bridgehead atoms. The second-order valence-electron chi connectivity index (χ2n) is 5.29. The molecule has 0 unspecified atom stereocenters. The monoisotopic (exact) mass is 279 g/mol. The highest BCUT2D eigenvalue weighted by Gasteiger charge is 2.40. The number of benzene rings is 1. The smallest absolute Gasteiger partial charge is 0.309 e. The predicted octanol–water partition coefficient (Wildman–Crippen LogP) is 1.95. The molecule has 0 aromatic heterocycles. The highest BCUT2D eigenvalue weighted by molar-refractivity contribution is 5.82. The van der Waals surface area contributed by atoms with E-state index in [9.17, 15) is 14.0 Å². The summed E-state index contributed by atoms with van der Waals surface area (Å²) in [5, 5.41) is 2.63. The Labute approximate surface area is 117 Å². The SMILES string of the molecule is Cc1cc(CNC(=O)COC(=O)[C@@H]2C[C@@H]2C)ccc1F. The van der Waals surface area contributed by atoms with E-state index in [0.29, 0.717) is 11.5 Å². The maximum Gasteiger partial charge on any atom is 0.309 e. The minimum atomic E-state index is -0.353. The summed E-state index contributed by atoms with van der Waals surface area (Å²) in [7, 11) is 0. The molecular formula is C15H18FNO3. The molecule has 1 aliphatic rings. The van der Waals surface area contributed by atoms with Gasteiger partial charge in [-0.1, -0.05) is 19.1 Å². The largest absolute Gasteiger partial charge is 0.455 e. The number of carbonyl (C=O) groups excluding carboxylic acids is 2. The van der Waals surface area contributed by atoms with Crippen LogP contribution in [0.2, 0.25) is 0 Å². The van der Waals surface area contributed by atoms with Crippen molar-refractivity contribution >= 4 is 11.9 Å². The molecule has 2 rings (SSSR count). The number of ether oxygens (including phenoxy) is 1. The van der Waals surface area contributed by atoms with Gasteiger partial charge in [0, 0.05) is 6.54 Å². The van der Waals surface area contributed by atoms with E-state index >= 15 is 0 Å². The normalized spacial score (nSPS) is 20.4. The summed E-state index contributed by atoms with van der Waals surface area (Å²) in [4.78, 5) is 23.0. The van der Waals surface area contributed by atoms with Crippen molar-refractivity contribution in [2.45, 2.75) is 26.8 Å². The number of halogens is 1. The van der Waals surface area contributed by atoms with Gasteiger partial charge in [0.1, 0.15) is 5.82 Å². The van der Waals surface area contributed by atoms with Crippen molar-refractivity contribution in [2.75, 3.05) is 6.61 Å². The van der Waals surface area contributed by atoms with E-state index in [-0.39, 0.29) is 36.8 Å². The summed E-state index contributed by atoms with van der Waals surface area (Å²) in [5.41, 5.74) is 1.34. The van der Waals surface area contributed by atoms with Gasteiger partial charge in [-0.05, 0) is 36.5 Å². The van der Waals surface area contributed by atoms with Gasteiger partial charge in [-0.25, -0.2) is 4.39 Å². The molecule has 1 aromatic carbocycles. The zero-order valence-corrected chi connectivity index (χ0v) is 11.6. The van der Waals surface area contributed by atoms with Crippen LogP contribution in [0.15, 0.2) is 18.2 Å². The first-order valence-corrected chi connectivity index (χ1v) is 6.65. The van der Waals surface area contributed by atoms with Gasteiger partial charge < -0.3 is 10.1 Å². The van der Waals surface area contributed by atoms with Crippen molar-refractivity contribution in [3.63, 3.8) is 0 Å². The predicted molar refractivity (Wildman–Crippen MR) is 71.2 cm³/mol. The van der Waals surface area contributed by atoms with Crippen LogP contribution in [0.1, 0.15) is 24.5 Å². The Balaban J connectivity index is 1.72. The molecule has 108 valence electrons. The Morgan fingerprint density at radius 2 is 2.15 bits per heavy atom. The lowest BCUT2D eigenvalue weighted by atomic mass is 10.1.